The molecule has 3 rings (SSSR count). The quantitative estimate of drug-likeness (QED) is 0.714. The number of nitrogens with one attached hydrogen (secondary N) is 1. The lowest BCUT2D eigenvalue weighted by Gasteiger charge is -2.04. The molecule has 0 atom stereocenters. The van der Waals surface area contributed by atoms with Gasteiger partial charge in [0.15, 0.2) is 5.78 Å². The Morgan fingerprint density at radius 1 is 1.15 bits per heavy atom. The summed E-state index contributed by atoms with van der Waals surface area (Å²) < 4.78 is 13.9. The number of carbonyl (C=O) groups is 1. The molecule has 1 N–H and O–H groups in total. The Balaban J connectivity index is 2.00. The number of hydrogen-bond acceptors (Lipinski definition) is 1. The van der Waals surface area contributed by atoms with Crippen molar-refractivity contribution in [2.75, 3.05) is 0 Å². The van der Waals surface area contributed by atoms with Crippen LogP contribution in [0, 0.1) is 12.7 Å². The van der Waals surface area contributed by atoms with Crippen LogP contribution in [0.25, 0.3) is 10.9 Å². The third-order valence-corrected chi connectivity index (χ3v) is 3.57. The van der Waals surface area contributed by atoms with Crippen LogP contribution in [0.1, 0.15) is 21.5 Å². The van der Waals surface area contributed by atoms with Gasteiger partial charge in [-0.2, -0.15) is 0 Å². The number of aryl methyl sites for hydroxylation is 1. The fraction of sp³-hybridized carbons (Fsp3) is 0.118. The van der Waals surface area contributed by atoms with Gasteiger partial charge in [0, 0.05) is 29.1 Å². The second kappa shape index (κ2) is 4.93. The lowest BCUT2D eigenvalue weighted by atomic mass is 9.99. The van der Waals surface area contributed by atoms with E-state index in [9.17, 15) is 9.18 Å². The van der Waals surface area contributed by atoms with Gasteiger partial charge in [-0.3, -0.25) is 4.79 Å². The predicted molar refractivity (Wildman–Crippen MR) is 77.5 cm³/mol. The molecule has 100 valence electrons. The van der Waals surface area contributed by atoms with E-state index in [0.717, 1.165) is 11.1 Å². The Morgan fingerprint density at radius 2 is 1.95 bits per heavy atom. The first-order chi connectivity index (χ1) is 9.66. The summed E-state index contributed by atoms with van der Waals surface area (Å²) in [6, 6.07) is 12.5. The molecule has 0 aliphatic rings. The lowest BCUT2D eigenvalue weighted by molar-refractivity contribution is 0.0994. The molecule has 0 radical (unpaired) electrons. The van der Waals surface area contributed by atoms with Crippen molar-refractivity contribution in [3.63, 3.8) is 0 Å². The van der Waals surface area contributed by atoms with Gasteiger partial charge in [0.2, 0.25) is 0 Å². The van der Waals surface area contributed by atoms with E-state index in [2.05, 4.69) is 4.98 Å². The highest BCUT2D eigenvalue weighted by atomic mass is 19.1. The number of benzene rings is 2. The van der Waals surface area contributed by atoms with Crippen LogP contribution in [-0.2, 0) is 6.42 Å². The van der Waals surface area contributed by atoms with Gasteiger partial charge in [-0.15, -0.1) is 0 Å². The molecule has 0 spiro atoms. The molecule has 0 unspecified atom stereocenters. The molecule has 2 aromatic carbocycles. The van der Waals surface area contributed by atoms with Crippen molar-refractivity contribution in [2.45, 2.75) is 13.3 Å². The Labute approximate surface area is 116 Å². The second-order valence-electron chi connectivity index (χ2n) is 4.89. The highest BCUT2D eigenvalue weighted by Gasteiger charge is 2.16. The maximum Gasteiger partial charge on any atom is 0.169 e. The SMILES string of the molecule is Cc1ccccc1CC(=O)c1c[nH]c2cccc(F)c12. The number of H-pyrrole nitrogens is 1. The fourth-order valence-electron chi connectivity index (χ4n) is 2.44. The third kappa shape index (κ3) is 2.11. The molecule has 0 amide bonds. The van der Waals surface area contributed by atoms with Gasteiger partial charge in [0.25, 0.3) is 0 Å². The van der Waals surface area contributed by atoms with Gasteiger partial charge in [-0.05, 0) is 30.2 Å². The van der Waals surface area contributed by atoms with Crippen LogP contribution in [-0.4, -0.2) is 10.8 Å². The Morgan fingerprint density at radius 3 is 2.75 bits per heavy atom. The van der Waals surface area contributed by atoms with Crippen LogP contribution in [0.3, 0.4) is 0 Å². The van der Waals surface area contributed by atoms with Gasteiger partial charge in [0.05, 0.1) is 0 Å². The van der Waals surface area contributed by atoms with Crippen LogP contribution in [0.15, 0.2) is 48.7 Å². The molecular formula is C17H14FNO. The van der Waals surface area contributed by atoms with Crippen LogP contribution >= 0.6 is 0 Å². The van der Waals surface area contributed by atoms with E-state index in [1.165, 1.54) is 6.07 Å². The van der Waals surface area contributed by atoms with Crippen LogP contribution in [0.4, 0.5) is 4.39 Å². The number of aromatic nitrogens is 1. The summed E-state index contributed by atoms with van der Waals surface area (Å²) in [5.74, 6) is -0.437. The zero-order valence-electron chi connectivity index (χ0n) is 11.1. The summed E-state index contributed by atoms with van der Waals surface area (Å²) in [6.45, 7) is 1.97. The van der Waals surface area contributed by atoms with Gasteiger partial charge < -0.3 is 4.98 Å². The Hall–Kier alpha value is -2.42. The van der Waals surface area contributed by atoms with E-state index in [1.54, 1.807) is 18.3 Å². The maximum absolute atomic E-state index is 13.9. The highest BCUT2D eigenvalue weighted by Crippen LogP contribution is 2.23. The van der Waals surface area contributed by atoms with Gasteiger partial charge in [-0.1, -0.05) is 30.3 Å². The molecule has 1 heterocycles. The molecule has 2 nitrogen and oxygen atoms in total. The summed E-state index contributed by atoms with van der Waals surface area (Å²) in [7, 11) is 0. The first-order valence-corrected chi connectivity index (χ1v) is 6.50. The van der Waals surface area contributed by atoms with Crippen molar-refractivity contribution in [1.29, 1.82) is 0 Å². The lowest BCUT2D eigenvalue weighted by Crippen LogP contribution is -2.04. The summed E-state index contributed by atoms with van der Waals surface area (Å²) in [4.78, 5) is 15.4. The van der Waals surface area contributed by atoms with Crippen LogP contribution in [0.2, 0.25) is 0 Å². The molecule has 0 aliphatic carbocycles. The zero-order valence-corrected chi connectivity index (χ0v) is 11.1. The van der Waals surface area contributed by atoms with Crippen molar-refractivity contribution in [2.24, 2.45) is 0 Å². The fourth-order valence-corrected chi connectivity index (χ4v) is 2.44. The average molecular weight is 267 g/mol. The van der Waals surface area contributed by atoms with Crippen molar-refractivity contribution < 1.29 is 9.18 Å². The molecular weight excluding hydrogens is 253 g/mol. The first kappa shape index (κ1) is 12.6. The smallest absolute Gasteiger partial charge is 0.169 e. The Kier molecular flexibility index (Phi) is 3.11. The van der Waals surface area contributed by atoms with Gasteiger partial charge >= 0.3 is 0 Å². The van der Waals surface area contributed by atoms with E-state index >= 15 is 0 Å². The number of rotatable bonds is 3. The zero-order chi connectivity index (χ0) is 14.1. The number of halogens is 1. The summed E-state index contributed by atoms with van der Waals surface area (Å²) >= 11 is 0. The Bertz CT molecular complexity index is 789. The summed E-state index contributed by atoms with van der Waals surface area (Å²) in [5, 5.41) is 0.381. The summed E-state index contributed by atoms with van der Waals surface area (Å²) in [6.07, 6.45) is 1.88. The standard InChI is InChI=1S/C17H14FNO/c1-11-5-2-3-6-12(11)9-16(20)13-10-19-15-8-4-7-14(18)17(13)15/h2-8,10,19H,9H2,1H3. The number of ketones is 1. The van der Waals surface area contributed by atoms with Crippen molar-refractivity contribution >= 4 is 16.7 Å². The van der Waals surface area contributed by atoms with Gasteiger partial charge in [-0.25, -0.2) is 4.39 Å². The number of hydrogen-bond donors (Lipinski definition) is 1. The molecule has 0 saturated heterocycles. The molecule has 3 heteroatoms. The van der Waals surface area contributed by atoms with E-state index in [1.807, 2.05) is 31.2 Å². The normalized spacial score (nSPS) is 10.9. The van der Waals surface area contributed by atoms with Crippen LogP contribution < -0.4 is 0 Å². The second-order valence-corrected chi connectivity index (χ2v) is 4.89. The van der Waals surface area contributed by atoms with E-state index in [-0.39, 0.29) is 18.0 Å². The first-order valence-electron chi connectivity index (χ1n) is 6.50. The van der Waals surface area contributed by atoms with Crippen LogP contribution in [0.5, 0.6) is 0 Å². The molecule has 0 bridgehead atoms. The third-order valence-electron chi connectivity index (χ3n) is 3.57. The number of aromatic amines is 1. The van der Waals surface area contributed by atoms with Crippen molar-refractivity contribution in [1.82, 2.24) is 4.98 Å². The maximum atomic E-state index is 13.9. The van der Waals surface area contributed by atoms with E-state index in [4.69, 9.17) is 0 Å². The minimum Gasteiger partial charge on any atom is -0.360 e. The monoisotopic (exact) mass is 267 g/mol. The molecule has 0 fully saturated rings. The summed E-state index contributed by atoms with van der Waals surface area (Å²) in [5.41, 5.74) is 3.11. The van der Waals surface area contributed by atoms with Gasteiger partial charge in [0.1, 0.15) is 5.82 Å². The number of carbonyl (C=O) groups excluding carboxylic acids is 1. The molecule has 3 aromatic rings. The largest absolute Gasteiger partial charge is 0.360 e. The molecule has 20 heavy (non-hydrogen) atoms. The number of Topliss-reactive ketones (excluding diaryl/α,β-unsaturated/α-hetero) is 1. The number of fused-ring (bicyclic) bond motifs is 1. The molecule has 0 aliphatic heterocycles. The topological polar surface area (TPSA) is 32.9 Å². The van der Waals surface area contributed by atoms with E-state index in [0.29, 0.717) is 16.5 Å². The highest BCUT2D eigenvalue weighted by molar-refractivity contribution is 6.08. The molecule has 1 aromatic heterocycles. The van der Waals surface area contributed by atoms with Crippen molar-refractivity contribution in [3.05, 3.63) is 71.2 Å². The van der Waals surface area contributed by atoms with Crippen molar-refractivity contribution in [3.8, 4) is 0 Å². The average Bonchev–Trinajstić information content (AvgIpc) is 2.87. The predicted octanol–water partition coefficient (Wildman–Crippen LogP) is 4.04. The molecule has 0 saturated carbocycles. The minimum atomic E-state index is -0.364. The minimum absolute atomic E-state index is 0.0735. The van der Waals surface area contributed by atoms with E-state index < -0.39 is 0 Å².